The normalized spacial score (nSPS) is 31.1. The second kappa shape index (κ2) is 6.95. The van der Waals surface area contributed by atoms with Gasteiger partial charge in [0.15, 0.2) is 8.32 Å². The number of aromatic nitrogens is 1. The number of hydrogen-bond acceptors (Lipinski definition) is 2. The van der Waals surface area contributed by atoms with Crippen LogP contribution in [0.3, 0.4) is 0 Å². The van der Waals surface area contributed by atoms with E-state index in [1.54, 1.807) is 0 Å². The molecule has 0 unspecified atom stereocenters. The van der Waals surface area contributed by atoms with Gasteiger partial charge in [0.25, 0.3) is 0 Å². The molecule has 1 aromatic carbocycles. The maximum Gasteiger partial charge on any atom is 0.192 e. The first-order valence-corrected chi connectivity index (χ1v) is 14.0. The van der Waals surface area contributed by atoms with E-state index in [1.807, 2.05) is 12.4 Å². The predicted octanol–water partition coefficient (Wildman–Crippen LogP) is 7.31. The van der Waals surface area contributed by atoms with Crippen LogP contribution in [0.1, 0.15) is 71.3 Å². The fourth-order valence-electron chi connectivity index (χ4n) is 5.68. The molecule has 2 aliphatic carbocycles. The van der Waals surface area contributed by atoms with Gasteiger partial charge in [-0.3, -0.25) is 4.98 Å². The molecule has 0 amide bonds. The summed E-state index contributed by atoms with van der Waals surface area (Å²) in [6, 6.07) is 9.18. The molecule has 2 fully saturated rings. The molecule has 0 saturated heterocycles. The Labute approximate surface area is 172 Å². The largest absolute Gasteiger partial charge is 0.414 e. The smallest absolute Gasteiger partial charge is 0.192 e. The van der Waals surface area contributed by atoms with Crippen molar-refractivity contribution in [2.75, 3.05) is 0 Å². The third-order valence-electron chi connectivity index (χ3n) is 8.38. The van der Waals surface area contributed by atoms with Gasteiger partial charge >= 0.3 is 0 Å². The summed E-state index contributed by atoms with van der Waals surface area (Å²) in [5.41, 5.74) is 1.87. The van der Waals surface area contributed by atoms with Crippen molar-refractivity contribution in [3.63, 3.8) is 0 Å². The minimum Gasteiger partial charge on any atom is -0.414 e. The van der Waals surface area contributed by atoms with Crippen molar-refractivity contribution in [3.8, 4) is 0 Å². The summed E-state index contributed by atoms with van der Waals surface area (Å²) in [4.78, 5) is 4.34. The third-order valence-corrected chi connectivity index (χ3v) is 12.9. The maximum atomic E-state index is 7.01. The molecule has 1 aromatic heterocycles. The van der Waals surface area contributed by atoms with E-state index in [0.29, 0.717) is 23.4 Å². The average Bonchev–Trinajstić information content (AvgIpc) is 2.98. The first-order chi connectivity index (χ1) is 13.1. The topological polar surface area (TPSA) is 22.1 Å². The van der Waals surface area contributed by atoms with Gasteiger partial charge in [0.05, 0.1) is 0 Å². The molecule has 0 spiro atoms. The van der Waals surface area contributed by atoms with Crippen LogP contribution >= 0.6 is 0 Å². The van der Waals surface area contributed by atoms with Crippen molar-refractivity contribution in [3.05, 3.63) is 42.2 Å². The summed E-state index contributed by atoms with van der Waals surface area (Å²) in [5, 5.41) is 2.85. The molecule has 0 N–H and O–H groups in total. The van der Waals surface area contributed by atoms with Gasteiger partial charge in [-0.25, -0.2) is 0 Å². The molecule has 1 heterocycles. The SMILES string of the molecule is CC(C)(C)[Si](C)(C)O[C@H]1CCC[C@]2(C)[C@@H](c3ccc4ccncc4c3)CC[C@@H]12. The Morgan fingerprint density at radius 3 is 2.61 bits per heavy atom. The Balaban J connectivity index is 1.61. The van der Waals surface area contributed by atoms with Crippen molar-refractivity contribution in [1.82, 2.24) is 4.98 Å². The van der Waals surface area contributed by atoms with Crippen molar-refractivity contribution in [2.45, 2.75) is 90.0 Å². The fourth-order valence-corrected chi connectivity index (χ4v) is 7.08. The summed E-state index contributed by atoms with van der Waals surface area (Å²) < 4.78 is 7.01. The van der Waals surface area contributed by atoms with E-state index in [1.165, 1.54) is 48.4 Å². The summed E-state index contributed by atoms with van der Waals surface area (Å²) in [5.74, 6) is 1.35. The van der Waals surface area contributed by atoms with Crippen LogP contribution in [0.2, 0.25) is 18.1 Å². The summed E-state index contributed by atoms with van der Waals surface area (Å²) in [6.07, 6.45) is 10.8. The minimum absolute atomic E-state index is 0.282. The monoisotopic (exact) mass is 395 g/mol. The van der Waals surface area contributed by atoms with Gasteiger partial charge in [-0.1, -0.05) is 46.2 Å². The van der Waals surface area contributed by atoms with Crippen LogP contribution in [0.4, 0.5) is 0 Å². The van der Waals surface area contributed by atoms with Gasteiger partial charge < -0.3 is 4.43 Å². The average molecular weight is 396 g/mol. The molecule has 152 valence electrons. The second-order valence-corrected chi connectivity index (χ2v) is 15.8. The Kier molecular flexibility index (Phi) is 4.99. The van der Waals surface area contributed by atoms with E-state index < -0.39 is 8.32 Å². The summed E-state index contributed by atoms with van der Waals surface area (Å²) >= 11 is 0. The minimum atomic E-state index is -1.73. The first-order valence-electron chi connectivity index (χ1n) is 11.1. The lowest BCUT2D eigenvalue weighted by Crippen LogP contribution is -2.49. The van der Waals surface area contributed by atoms with Crippen LogP contribution in [0, 0.1) is 11.3 Å². The lowest BCUT2D eigenvalue weighted by Gasteiger charge is -2.49. The Bertz CT molecular complexity index is 855. The zero-order chi connectivity index (χ0) is 20.2. The van der Waals surface area contributed by atoms with Crippen LogP contribution in [0.25, 0.3) is 10.8 Å². The van der Waals surface area contributed by atoms with Crippen molar-refractivity contribution in [2.24, 2.45) is 11.3 Å². The molecule has 2 aromatic rings. The lowest BCUT2D eigenvalue weighted by atomic mass is 9.63. The standard InChI is InChI=1S/C25H37NOSi/c1-24(2,3)28(5,6)27-23-8-7-14-25(4)21(11-12-22(23)25)19-10-9-18-13-15-26-17-20(18)16-19/h9-10,13,15-17,21-23H,7-8,11-12,14H2,1-6H3/t21-,22+,23+,25-/m1/s1. The summed E-state index contributed by atoms with van der Waals surface area (Å²) in [6.45, 7) is 14.5. The van der Waals surface area contributed by atoms with Crippen LogP contribution in [0.15, 0.2) is 36.7 Å². The molecule has 2 nitrogen and oxygen atoms in total. The molecule has 2 saturated carbocycles. The fraction of sp³-hybridized carbons (Fsp3) is 0.640. The van der Waals surface area contributed by atoms with Crippen molar-refractivity contribution >= 4 is 19.1 Å². The Morgan fingerprint density at radius 2 is 1.86 bits per heavy atom. The van der Waals surface area contributed by atoms with Crippen LogP contribution in [-0.4, -0.2) is 19.4 Å². The van der Waals surface area contributed by atoms with E-state index in [4.69, 9.17) is 4.43 Å². The number of fused-ring (bicyclic) bond motifs is 2. The number of rotatable bonds is 3. The maximum absolute atomic E-state index is 7.01. The molecule has 0 bridgehead atoms. The molecule has 0 aliphatic heterocycles. The molecule has 4 rings (SSSR count). The van der Waals surface area contributed by atoms with Crippen molar-refractivity contribution < 1.29 is 4.43 Å². The zero-order valence-electron chi connectivity index (χ0n) is 18.6. The molecular formula is C25H37NOSi. The Hall–Kier alpha value is -1.19. The Morgan fingerprint density at radius 1 is 1.07 bits per heavy atom. The number of benzene rings is 1. The van der Waals surface area contributed by atoms with Crippen LogP contribution < -0.4 is 0 Å². The highest BCUT2D eigenvalue weighted by Crippen LogP contribution is 2.60. The molecule has 28 heavy (non-hydrogen) atoms. The lowest BCUT2D eigenvalue weighted by molar-refractivity contribution is 0.00298. The van der Waals surface area contributed by atoms with Crippen LogP contribution in [-0.2, 0) is 4.43 Å². The molecular weight excluding hydrogens is 358 g/mol. The van der Waals surface area contributed by atoms with Gasteiger partial charge in [-0.2, -0.15) is 0 Å². The third kappa shape index (κ3) is 3.35. The highest BCUT2D eigenvalue weighted by atomic mass is 28.4. The first kappa shape index (κ1) is 20.1. The van der Waals surface area contributed by atoms with Gasteiger partial charge in [0.1, 0.15) is 0 Å². The number of pyridine rings is 1. The second-order valence-electron chi connectivity index (χ2n) is 11.0. The number of hydrogen-bond donors (Lipinski definition) is 0. The van der Waals surface area contributed by atoms with E-state index in [0.717, 1.165) is 0 Å². The van der Waals surface area contributed by atoms with E-state index in [2.05, 4.69) is 70.0 Å². The van der Waals surface area contributed by atoms with Gasteiger partial charge in [-0.15, -0.1) is 0 Å². The van der Waals surface area contributed by atoms with Crippen LogP contribution in [0.5, 0.6) is 0 Å². The van der Waals surface area contributed by atoms with Gasteiger partial charge in [0.2, 0.25) is 0 Å². The highest BCUT2D eigenvalue weighted by molar-refractivity contribution is 6.74. The molecule has 3 heteroatoms. The molecule has 0 radical (unpaired) electrons. The molecule has 2 aliphatic rings. The van der Waals surface area contributed by atoms with Gasteiger partial charge in [0, 0.05) is 23.9 Å². The summed E-state index contributed by atoms with van der Waals surface area (Å²) in [7, 11) is -1.73. The van der Waals surface area contributed by atoms with Gasteiger partial charge in [-0.05, 0) is 84.1 Å². The van der Waals surface area contributed by atoms with E-state index in [-0.39, 0.29) is 5.04 Å². The quantitative estimate of drug-likeness (QED) is 0.508. The highest BCUT2D eigenvalue weighted by Gasteiger charge is 2.53. The van der Waals surface area contributed by atoms with E-state index >= 15 is 0 Å². The number of nitrogens with zero attached hydrogens (tertiary/aromatic N) is 1. The predicted molar refractivity (Wildman–Crippen MR) is 121 cm³/mol. The van der Waals surface area contributed by atoms with Crippen molar-refractivity contribution in [1.29, 1.82) is 0 Å². The molecule has 4 atom stereocenters. The zero-order valence-corrected chi connectivity index (χ0v) is 19.6. The van der Waals surface area contributed by atoms with E-state index in [9.17, 15) is 0 Å².